The summed E-state index contributed by atoms with van der Waals surface area (Å²) in [5.74, 6) is -1.45. The molecule has 1 fully saturated rings. The first-order valence-corrected chi connectivity index (χ1v) is 4.15. The molecule has 5 heteroatoms. The normalized spacial score (nSPS) is 46.1. The van der Waals surface area contributed by atoms with E-state index in [1.54, 1.807) is 0 Å². The highest BCUT2D eigenvalue weighted by molar-refractivity contribution is 5.79. The van der Waals surface area contributed by atoms with Crippen LogP contribution in [0.3, 0.4) is 0 Å². The number of carbonyl (C=O) groups is 1. The fourth-order valence-electron chi connectivity index (χ4n) is 1.49. The molecule has 0 aromatic heterocycles. The van der Waals surface area contributed by atoms with Gasteiger partial charge in [0.25, 0.3) is 0 Å². The first kappa shape index (κ1) is 10.6. The summed E-state index contributed by atoms with van der Waals surface area (Å²) in [5, 5.41) is 28.1. The second-order valence-electron chi connectivity index (χ2n) is 3.35. The maximum atomic E-state index is 11.0. The van der Waals surface area contributed by atoms with E-state index in [0.29, 0.717) is 0 Å². The van der Waals surface area contributed by atoms with Crippen molar-refractivity contribution in [2.75, 3.05) is 0 Å². The van der Waals surface area contributed by atoms with Gasteiger partial charge in [0, 0.05) is 0 Å². The van der Waals surface area contributed by atoms with Crippen molar-refractivity contribution in [1.29, 1.82) is 0 Å². The van der Waals surface area contributed by atoms with E-state index in [9.17, 15) is 20.1 Å². The van der Waals surface area contributed by atoms with Crippen LogP contribution in [-0.4, -0.2) is 45.7 Å². The van der Waals surface area contributed by atoms with Crippen molar-refractivity contribution in [3.8, 4) is 0 Å². The number of carbonyl (C=O) groups excluding carboxylic acids is 1. The smallest absolute Gasteiger partial charge is 0.167 e. The van der Waals surface area contributed by atoms with Gasteiger partial charge in [-0.15, -0.1) is 0 Å². The number of ketones is 1. The van der Waals surface area contributed by atoms with Crippen molar-refractivity contribution in [3.05, 3.63) is 0 Å². The van der Waals surface area contributed by atoms with Crippen molar-refractivity contribution < 1.29 is 24.9 Å². The summed E-state index contributed by atoms with van der Waals surface area (Å²) in [4.78, 5) is 11.0. The molecule has 1 aliphatic rings. The number of Topliss-reactive ketones (excluding diaryl/α,β-unsaturated/α-hetero) is 1. The third kappa shape index (κ3) is 1.88. The second kappa shape index (κ2) is 3.71. The average Bonchev–Trinajstić information content (AvgIpc) is 1.99. The molecule has 0 aromatic carbocycles. The predicted molar refractivity (Wildman–Crippen MR) is 42.7 cm³/mol. The van der Waals surface area contributed by atoms with Crippen LogP contribution in [0.25, 0.3) is 0 Å². The van der Waals surface area contributed by atoms with E-state index in [0.717, 1.165) is 0 Å². The molecule has 5 nitrogen and oxygen atoms in total. The van der Waals surface area contributed by atoms with Gasteiger partial charge in [0.1, 0.15) is 11.9 Å². The molecule has 1 saturated heterocycles. The monoisotopic (exact) mass is 190 g/mol. The van der Waals surface area contributed by atoms with E-state index in [4.69, 9.17) is 4.74 Å². The molecule has 0 amide bonds. The van der Waals surface area contributed by atoms with Gasteiger partial charge in [0.2, 0.25) is 0 Å². The molecule has 0 bridgehead atoms. The Morgan fingerprint density at radius 3 is 2.23 bits per heavy atom. The molecule has 0 saturated carbocycles. The summed E-state index contributed by atoms with van der Waals surface area (Å²) in [6, 6.07) is 0. The molecule has 1 heterocycles. The zero-order valence-electron chi connectivity index (χ0n) is 7.54. The Labute approximate surface area is 75.9 Å². The number of aliphatic hydroxyl groups is 3. The molecule has 0 unspecified atom stereocenters. The van der Waals surface area contributed by atoms with Gasteiger partial charge in [-0.25, -0.2) is 0 Å². The lowest BCUT2D eigenvalue weighted by atomic mass is 9.89. The van der Waals surface area contributed by atoms with Crippen molar-refractivity contribution in [1.82, 2.24) is 0 Å². The van der Waals surface area contributed by atoms with Gasteiger partial charge in [-0.1, -0.05) is 0 Å². The molecule has 0 spiro atoms. The predicted octanol–water partition coefficient (Wildman–Crippen LogP) is -1.35. The van der Waals surface area contributed by atoms with Crippen LogP contribution in [0.4, 0.5) is 0 Å². The van der Waals surface area contributed by atoms with Crippen LogP contribution in [-0.2, 0) is 9.53 Å². The first-order chi connectivity index (χ1) is 5.95. The number of aliphatic hydroxyl groups excluding tert-OH is 3. The highest BCUT2D eigenvalue weighted by Crippen LogP contribution is 2.25. The second-order valence-corrected chi connectivity index (χ2v) is 3.35. The van der Waals surface area contributed by atoms with Crippen molar-refractivity contribution >= 4 is 5.78 Å². The van der Waals surface area contributed by atoms with E-state index >= 15 is 0 Å². The molecule has 0 aromatic rings. The van der Waals surface area contributed by atoms with Crippen LogP contribution in [0.15, 0.2) is 0 Å². The lowest BCUT2D eigenvalue weighted by Gasteiger charge is -2.38. The van der Waals surface area contributed by atoms with Gasteiger partial charge in [-0.3, -0.25) is 4.79 Å². The number of rotatable bonds is 1. The third-order valence-corrected chi connectivity index (χ3v) is 2.33. The standard InChI is InChI=1S/C8H14O5/c1-3(9)5-7(11)6(10)4(2)13-8(5)12/h4-8,10-12H,1-2H3/t4-,5+,6-,7-,8+/m1/s1. The van der Waals surface area contributed by atoms with Crippen LogP contribution in [0, 0.1) is 5.92 Å². The summed E-state index contributed by atoms with van der Waals surface area (Å²) in [6.07, 6.45) is -4.37. The Morgan fingerprint density at radius 2 is 1.77 bits per heavy atom. The van der Waals surface area contributed by atoms with Gasteiger partial charge in [0.15, 0.2) is 6.29 Å². The molecular weight excluding hydrogens is 176 g/mol. The quantitative estimate of drug-likeness (QED) is 0.476. The molecule has 1 rings (SSSR count). The summed E-state index contributed by atoms with van der Waals surface area (Å²) >= 11 is 0. The summed E-state index contributed by atoms with van der Waals surface area (Å²) in [6.45, 7) is 2.76. The SMILES string of the molecule is CC(=O)[C@H]1[C@@H](O)[C@H](O)[C@@H](C)O[C@@H]1O. The maximum absolute atomic E-state index is 11.0. The fraction of sp³-hybridized carbons (Fsp3) is 0.875. The molecule has 76 valence electrons. The molecule has 1 aliphatic heterocycles. The van der Waals surface area contributed by atoms with E-state index in [1.807, 2.05) is 0 Å². The average molecular weight is 190 g/mol. The highest BCUT2D eigenvalue weighted by atomic mass is 16.6. The molecule has 0 radical (unpaired) electrons. The van der Waals surface area contributed by atoms with Crippen LogP contribution in [0.5, 0.6) is 0 Å². The molecular formula is C8H14O5. The van der Waals surface area contributed by atoms with E-state index in [-0.39, 0.29) is 0 Å². The van der Waals surface area contributed by atoms with Crippen molar-refractivity contribution in [3.63, 3.8) is 0 Å². The van der Waals surface area contributed by atoms with E-state index < -0.39 is 36.3 Å². The lowest BCUT2D eigenvalue weighted by Crippen LogP contribution is -2.55. The Morgan fingerprint density at radius 1 is 1.23 bits per heavy atom. The summed E-state index contributed by atoms with van der Waals surface area (Å²) in [7, 11) is 0. The number of hydrogen-bond acceptors (Lipinski definition) is 5. The maximum Gasteiger partial charge on any atom is 0.167 e. The lowest BCUT2D eigenvalue weighted by molar-refractivity contribution is -0.253. The van der Waals surface area contributed by atoms with E-state index in [2.05, 4.69) is 0 Å². The first-order valence-electron chi connectivity index (χ1n) is 4.15. The highest BCUT2D eigenvalue weighted by Gasteiger charge is 2.44. The van der Waals surface area contributed by atoms with Crippen molar-refractivity contribution in [2.24, 2.45) is 5.92 Å². The minimum atomic E-state index is -1.33. The Bertz CT molecular complexity index is 205. The fourth-order valence-corrected chi connectivity index (χ4v) is 1.49. The van der Waals surface area contributed by atoms with Crippen LogP contribution >= 0.6 is 0 Å². The Hall–Kier alpha value is -0.490. The van der Waals surface area contributed by atoms with Gasteiger partial charge < -0.3 is 20.1 Å². The molecule has 3 N–H and O–H groups in total. The number of ether oxygens (including phenoxy) is 1. The van der Waals surface area contributed by atoms with Crippen LogP contribution in [0.2, 0.25) is 0 Å². The van der Waals surface area contributed by atoms with Gasteiger partial charge in [-0.2, -0.15) is 0 Å². The Balaban J connectivity index is 2.79. The van der Waals surface area contributed by atoms with E-state index in [1.165, 1.54) is 13.8 Å². The summed E-state index contributed by atoms with van der Waals surface area (Å²) in [5.41, 5.74) is 0. The molecule has 5 atom stereocenters. The molecule has 13 heavy (non-hydrogen) atoms. The van der Waals surface area contributed by atoms with Gasteiger partial charge in [0.05, 0.1) is 18.1 Å². The zero-order valence-corrected chi connectivity index (χ0v) is 7.54. The molecule has 0 aliphatic carbocycles. The topological polar surface area (TPSA) is 87.0 Å². The van der Waals surface area contributed by atoms with Gasteiger partial charge in [-0.05, 0) is 13.8 Å². The largest absolute Gasteiger partial charge is 0.389 e. The minimum Gasteiger partial charge on any atom is -0.389 e. The van der Waals surface area contributed by atoms with Crippen molar-refractivity contribution in [2.45, 2.75) is 38.4 Å². The summed E-state index contributed by atoms with van der Waals surface area (Å²) < 4.78 is 4.87. The Kier molecular flexibility index (Phi) is 3.02. The third-order valence-electron chi connectivity index (χ3n) is 2.33. The minimum absolute atomic E-state index is 0.397. The van der Waals surface area contributed by atoms with Crippen LogP contribution < -0.4 is 0 Å². The number of hydrogen-bond donors (Lipinski definition) is 3. The zero-order chi connectivity index (χ0) is 10.2. The van der Waals surface area contributed by atoms with Crippen LogP contribution in [0.1, 0.15) is 13.8 Å². The van der Waals surface area contributed by atoms with Gasteiger partial charge >= 0.3 is 0 Å².